The van der Waals surface area contributed by atoms with Crippen LogP contribution in [0.5, 0.6) is 0 Å². The predicted octanol–water partition coefficient (Wildman–Crippen LogP) is 3.81. The van der Waals surface area contributed by atoms with E-state index < -0.39 is 5.25 Å². The van der Waals surface area contributed by atoms with Crippen LogP contribution in [0.1, 0.15) is 21.9 Å². The van der Waals surface area contributed by atoms with Crippen LogP contribution in [-0.2, 0) is 4.79 Å². The van der Waals surface area contributed by atoms with Crippen molar-refractivity contribution in [2.75, 3.05) is 0 Å². The van der Waals surface area contributed by atoms with Gasteiger partial charge in [-0.2, -0.15) is 0 Å². The lowest BCUT2D eigenvalue weighted by Gasteiger charge is -2.15. The van der Waals surface area contributed by atoms with Crippen LogP contribution in [0, 0.1) is 13.8 Å². The minimum Gasteiger partial charge on any atom is -0.368 e. The number of rotatable bonds is 5. The molecule has 1 aromatic heterocycles. The molecule has 0 aliphatic carbocycles. The molecule has 3 aromatic rings. The average Bonchev–Trinajstić information content (AvgIpc) is 3.01. The number of carbonyl (C=O) groups is 1. The summed E-state index contributed by atoms with van der Waals surface area (Å²) in [7, 11) is 0. The van der Waals surface area contributed by atoms with Gasteiger partial charge < -0.3 is 5.73 Å². The molecular formula is C19H19N3OS. The van der Waals surface area contributed by atoms with E-state index in [9.17, 15) is 4.79 Å². The molecule has 2 aromatic carbocycles. The van der Waals surface area contributed by atoms with Gasteiger partial charge in [0.2, 0.25) is 5.91 Å². The van der Waals surface area contributed by atoms with E-state index in [0.717, 1.165) is 22.0 Å². The van der Waals surface area contributed by atoms with E-state index in [-0.39, 0.29) is 5.91 Å². The first-order valence-electron chi connectivity index (χ1n) is 7.68. The summed E-state index contributed by atoms with van der Waals surface area (Å²) in [6.45, 7) is 4.14. The highest BCUT2D eigenvalue weighted by molar-refractivity contribution is 8.00. The Morgan fingerprint density at radius 2 is 1.92 bits per heavy atom. The third kappa shape index (κ3) is 3.36. The van der Waals surface area contributed by atoms with Gasteiger partial charge in [-0.05, 0) is 31.0 Å². The molecule has 3 rings (SSSR count). The number of thioether (sulfide) groups is 1. The Morgan fingerprint density at radius 1 is 1.17 bits per heavy atom. The molecule has 0 aliphatic rings. The Kier molecular flexibility index (Phi) is 4.71. The van der Waals surface area contributed by atoms with Crippen molar-refractivity contribution in [3.63, 3.8) is 0 Å². The summed E-state index contributed by atoms with van der Waals surface area (Å²) in [5.74, 6) is -0.374. The van der Waals surface area contributed by atoms with E-state index in [1.165, 1.54) is 17.3 Å². The van der Waals surface area contributed by atoms with Crippen molar-refractivity contribution < 1.29 is 4.79 Å². The van der Waals surface area contributed by atoms with E-state index in [0.29, 0.717) is 0 Å². The molecule has 0 radical (unpaired) electrons. The Morgan fingerprint density at radius 3 is 2.58 bits per heavy atom. The predicted molar refractivity (Wildman–Crippen MR) is 97.3 cm³/mol. The lowest BCUT2D eigenvalue weighted by molar-refractivity contribution is -0.117. The molecule has 0 saturated heterocycles. The second-order valence-corrected chi connectivity index (χ2v) is 6.75. The van der Waals surface area contributed by atoms with Gasteiger partial charge in [-0.25, -0.2) is 4.98 Å². The van der Waals surface area contributed by atoms with Crippen molar-refractivity contribution in [1.29, 1.82) is 0 Å². The number of aromatic nitrogens is 2. The van der Waals surface area contributed by atoms with Gasteiger partial charge >= 0.3 is 0 Å². The number of imidazole rings is 1. The molecule has 122 valence electrons. The van der Waals surface area contributed by atoms with Crippen LogP contribution in [0.2, 0.25) is 0 Å². The molecule has 0 aliphatic heterocycles. The smallest absolute Gasteiger partial charge is 0.235 e. The first-order chi connectivity index (χ1) is 11.6. The Hall–Kier alpha value is -2.53. The molecule has 1 heterocycles. The van der Waals surface area contributed by atoms with Crippen LogP contribution in [0.15, 0.2) is 66.1 Å². The zero-order valence-electron chi connectivity index (χ0n) is 13.6. The van der Waals surface area contributed by atoms with E-state index in [2.05, 4.69) is 37.0 Å². The zero-order chi connectivity index (χ0) is 17.1. The van der Waals surface area contributed by atoms with Gasteiger partial charge in [-0.15, -0.1) is 0 Å². The van der Waals surface area contributed by atoms with Gasteiger partial charge in [-0.3, -0.25) is 9.36 Å². The lowest BCUT2D eigenvalue weighted by atomic mass is 10.1. The van der Waals surface area contributed by atoms with Crippen molar-refractivity contribution in [3.8, 4) is 5.69 Å². The van der Waals surface area contributed by atoms with E-state index in [1.54, 1.807) is 6.20 Å². The van der Waals surface area contributed by atoms with Crippen LogP contribution >= 0.6 is 11.8 Å². The Labute approximate surface area is 145 Å². The first kappa shape index (κ1) is 16.3. The average molecular weight is 337 g/mol. The maximum atomic E-state index is 11.9. The monoisotopic (exact) mass is 337 g/mol. The summed E-state index contributed by atoms with van der Waals surface area (Å²) >= 11 is 1.37. The van der Waals surface area contributed by atoms with Gasteiger partial charge in [-0.1, -0.05) is 59.8 Å². The maximum absolute atomic E-state index is 11.9. The molecule has 1 unspecified atom stereocenters. The van der Waals surface area contributed by atoms with Crippen molar-refractivity contribution in [1.82, 2.24) is 9.55 Å². The summed E-state index contributed by atoms with van der Waals surface area (Å²) in [4.78, 5) is 16.4. The molecule has 2 N–H and O–H groups in total. The van der Waals surface area contributed by atoms with Crippen LogP contribution in [0.3, 0.4) is 0 Å². The summed E-state index contributed by atoms with van der Waals surface area (Å²) < 4.78 is 2.00. The van der Waals surface area contributed by atoms with Crippen molar-refractivity contribution in [3.05, 3.63) is 77.6 Å². The fourth-order valence-electron chi connectivity index (χ4n) is 2.66. The number of nitrogens with zero attached hydrogens (tertiary/aromatic N) is 2. The molecule has 24 heavy (non-hydrogen) atoms. The SMILES string of the molecule is Cc1ccc(-n2ccnc2SC(C(N)=O)c2ccccc2)c(C)c1. The minimum absolute atomic E-state index is 0.374. The second kappa shape index (κ2) is 6.93. The highest BCUT2D eigenvalue weighted by Gasteiger charge is 2.22. The van der Waals surface area contributed by atoms with Gasteiger partial charge in [0.15, 0.2) is 5.16 Å². The zero-order valence-corrected chi connectivity index (χ0v) is 14.5. The molecule has 0 bridgehead atoms. The number of hydrogen-bond donors (Lipinski definition) is 1. The Bertz CT molecular complexity index is 858. The highest BCUT2D eigenvalue weighted by Crippen LogP contribution is 2.35. The third-order valence-electron chi connectivity index (χ3n) is 3.80. The Balaban J connectivity index is 1.96. The van der Waals surface area contributed by atoms with Gasteiger partial charge in [0.1, 0.15) is 5.25 Å². The number of primary amides is 1. The van der Waals surface area contributed by atoms with Gasteiger partial charge in [0.05, 0.1) is 5.69 Å². The highest BCUT2D eigenvalue weighted by atomic mass is 32.2. The van der Waals surface area contributed by atoms with Crippen LogP contribution in [-0.4, -0.2) is 15.5 Å². The van der Waals surface area contributed by atoms with Crippen LogP contribution in [0.4, 0.5) is 0 Å². The minimum atomic E-state index is -0.474. The number of benzene rings is 2. The number of hydrogen-bond acceptors (Lipinski definition) is 3. The molecule has 1 amide bonds. The largest absolute Gasteiger partial charge is 0.368 e. The fraction of sp³-hybridized carbons (Fsp3) is 0.158. The summed E-state index contributed by atoms with van der Waals surface area (Å²) in [6.07, 6.45) is 3.65. The maximum Gasteiger partial charge on any atom is 0.235 e. The summed E-state index contributed by atoms with van der Waals surface area (Å²) in [5, 5.41) is 0.271. The topological polar surface area (TPSA) is 60.9 Å². The molecular weight excluding hydrogens is 318 g/mol. The number of amides is 1. The lowest BCUT2D eigenvalue weighted by Crippen LogP contribution is -2.19. The number of carbonyl (C=O) groups excluding carboxylic acids is 1. The molecule has 1 atom stereocenters. The van der Waals surface area contributed by atoms with Gasteiger partial charge in [0, 0.05) is 12.4 Å². The second-order valence-electron chi connectivity index (χ2n) is 5.68. The third-order valence-corrected chi connectivity index (χ3v) is 5.06. The van der Waals surface area contributed by atoms with Gasteiger partial charge in [0.25, 0.3) is 0 Å². The number of aryl methyl sites for hydroxylation is 2. The molecule has 5 heteroatoms. The van der Waals surface area contributed by atoms with Crippen LogP contribution in [0.25, 0.3) is 5.69 Å². The summed E-state index contributed by atoms with van der Waals surface area (Å²) in [6, 6.07) is 15.8. The van der Waals surface area contributed by atoms with Crippen molar-refractivity contribution >= 4 is 17.7 Å². The number of nitrogens with two attached hydrogens (primary N) is 1. The normalized spacial score (nSPS) is 12.1. The molecule has 0 saturated carbocycles. The van der Waals surface area contributed by atoms with E-state index in [4.69, 9.17) is 5.73 Å². The first-order valence-corrected chi connectivity index (χ1v) is 8.56. The standard InChI is InChI=1S/C19H19N3OS/c1-13-8-9-16(14(2)12-13)22-11-10-21-19(22)24-17(18(20)23)15-6-4-3-5-7-15/h3-12,17H,1-2H3,(H2,20,23). The van der Waals surface area contributed by atoms with E-state index >= 15 is 0 Å². The molecule has 0 spiro atoms. The quantitative estimate of drug-likeness (QED) is 0.720. The van der Waals surface area contributed by atoms with Crippen molar-refractivity contribution in [2.45, 2.75) is 24.3 Å². The van der Waals surface area contributed by atoms with Crippen LogP contribution < -0.4 is 5.73 Å². The molecule has 4 nitrogen and oxygen atoms in total. The molecule has 0 fully saturated rings. The fourth-order valence-corrected chi connectivity index (χ4v) is 3.67. The summed E-state index contributed by atoms with van der Waals surface area (Å²) in [5.41, 5.74) is 9.93. The van der Waals surface area contributed by atoms with E-state index in [1.807, 2.05) is 41.1 Å². The van der Waals surface area contributed by atoms with Crippen molar-refractivity contribution in [2.24, 2.45) is 5.73 Å².